The highest BCUT2D eigenvalue weighted by Crippen LogP contribution is 2.16. The summed E-state index contributed by atoms with van der Waals surface area (Å²) in [5.41, 5.74) is 3.00. The van der Waals surface area contributed by atoms with Crippen molar-refractivity contribution in [3.05, 3.63) is 41.7 Å². The summed E-state index contributed by atoms with van der Waals surface area (Å²) in [6, 6.07) is 5.86. The van der Waals surface area contributed by atoms with Gasteiger partial charge in [0.05, 0.1) is 18.1 Å². The first-order valence-electron chi connectivity index (χ1n) is 5.35. The van der Waals surface area contributed by atoms with Crippen LogP contribution >= 0.6 is 0 Å². The van der Waals surface area contributed by atoms with Crippen LogP contribution in [0.1, 0.15) is 17.5 Å². The van der Waals surface area contributed by atoms with E-state index in [4.69, 9.17) is 5.11 Å². The number of rotatable bonds is 4. The molecule has 0 radical (unpaired) electrons. The van der Waals surface area contributed by atoms with Gasteiger partial charge >= 0.3 is 5.97 Å². The Bertz CT molecular complexity index is 521. The van der Waals surface area contributed by atoms with Gasteiger partial charge in [-0.2, -0.15) is 0 Å². The maximum absolute atomic E-state index is 10.5. The Balaban J connectivity index is 2.27. The predicted octanol–water partition coefficient (Wildman–Crippen LogP) is 1.59. The van der Waals surface area contributed by atoms with Gasteiger partial charge in [-0.1, -0.05) is 17.3 Å². The molecule has 0 atom stereocenters. The first kappa shape index (κ1) is 11.3. The van der Waals surface area contributed by atoms with Crippen LogP contribution in [0.2, 0.25) is 0 Å². The summed E-state index contributed by atoms with van der Waals surface area (Å²) in [6.45, 7) is 1.98. The zero-order valence-electron chi connectivity index (χ0n) is 9.50. The summed E-state index contributed by atoms with van der Waals surface area (Å²) in [7, 11) is 0. The molecule has 1 aromatic heterocycles. The molecule has 2 rings (SSSR count). The largest absolute Gasteiger partial charge is 0.481 e. The second-order valence-electron chi connectivity index (χ2n) is 3.86. The van der Waals surface area contributed by atoms with Gasteiger partial charge in [-0.3, -0.25) is 4.79 Å². The van der Waals surface area contributed by atoms with Gasteiger partial charge < -0.3 is 5.11 Å². The standard InChI is InChI=1S/C12H13N3O2/c1-9-2-3-10(4-5-12(16)17)8-11(9)15-7-6-13-14-15/h2-3,6-8H,4-5H2,1H3,(H,16,17). The van der Waals surface area contributed by atoms with Crippen LogP contribution in [-0.4, -0.2) is 26.1 Å². The minimum Gasteiger partial charge on any atom is -0.481 e. The maximum atomic E-state index is 10.5. The van der Waals surface area contributed by atoms with Crippen LogP contribution in [0, 0.1) is 6.92 Å². The lowest BCUT2D eigenvalue weighted by Gasteiger charge is -2.07. The van der Waals surface area contributed by atoms with Crippen molar-refractivity contribution >= 4 is 5.97 Å². The topological polar surface area (TPSA) is 68.0 Å². The summed E-state index contributed by atoms with van der Waals surface area (Å²) >= 11 is 0. The van der Waals surface area contributed by atoms with E-state index in [-0.39, 0.29) is 6.42 Å². The molecule has 0 saturated heterocycles. The maximum Gasteiger partial charge on any atom is 0.303 e. The van der Waals surface area contributed by atoms with Crippen LogP contribution in [0.4, 0.5) is 0 Å². The van der Waals surface area contributed by atoms with E-state index >= 15 is 0 Å². The molecule has 2 aromatic rings. The van der Waals surface area contributed by atoms with Crippen LogP contribution in [-0.2, 0) is 11.2 Å². The van der Waals surface area contributed by atoms with Crippen molar-refractivity contribution in [3.63, 3.8) is 0 Å². The summed E-state index contributed by atoms with van der Waals surface area (Å²) in [5, 5.41) is 16.4. The number of hydrogen-bond donors (Lipinski definition) is 1. The Morgan fingerprint density at radius 3 is 2.94 bits per heavy atom. The van der Waals surface area contributed by atoms with Crippen molar-refractivity contribution in [2.45, 2.75) is 19.8 Å². The molecule has 0 amide bonds. The lowest BCUT2D eigenvalue weighted by molar-refractivity contribution is -0.136. The monoisotopic (exact) mass is 231 g/mol. The van der Waals surface area contributed by atoms with Crippen LogP contribution in [0.3, 0.4) is 0 Å². The van der Waals surface area contributed by atoms with Crippen LogP contribution < -0.4 is 0 Å². The van der Waals surface area contributed by atoms with Crippen molar-refractivity contribution < 1.29 is 9.90 Å². The normalized spacial score (nSPS) is 10.4. The van der Waals surface area contributed by atoms with Gasteiger partial charge in [-0.25, -0.2) is 4.68 Å². The molecule has 0 bridgehead atoms. The van der Waals surface area contributed by atoms with Gasteiger partial charge in [0, 0.05) is 6.42 Å². The molecule has 17 heavy (non-hydrogen) atoms. The molecule has 0 saturated carbocycles. The van der Waals surface area contributed by atoms with Gasteiger partial charge in [0.25, 0.3) is 0 Å². The van der Waals surface area contributed by atoms with E-state index < -0.39 is 5.97 Å². The fourth-order valence-electron chi connectivity index (χ4n) is 1.65. The molecule has 0 fully saturated rings. The third-order valence-corrected chi connectivity index (χ3v) is 2.57. The Labute approximate surface area is 98.7 Å². The third kappa shape index (κ3) is 2.69. The Hall–Kier alpha value is -2.17. The molecule has 0 aliphatic heterocycles. The molecule has 0 unspecified atom stereocenters. The van der Waals surface area contributed by atoms with Gasteiger partial charge in [0.15, 0.2) is 0 Å². The van der Waals surface area contributed by atoms with Crippen LogP contribution in [0.25, 0.3) is 5.69 Å². The summed E-state index contributed by atoms with van der Waals surface area (Å²) in [5.74, 6) is -0.784. The van der Waals surface area contributed by atoms with Gasteiger partial charge in [0.2, 0.25) is 0 Å². The highest BCUT2D eigenvalue weighted by atomic mass is 16.4. The molecule has 88 valence electrons. The Morgan fingerprint density at radius 1 is 1.47 bits per heavy atom. The number of nitrogens with zero attached hydrogens (tertiary/aromatic N) is 3. The molecule has 0 aliphatic carbocycles. The number of aromatic nitrogens is 3. The fourth-order valence-corrected chi connectivity index (χ4v) is 1.65. The van der Waals surface area contributed by atoms with Crippen LogP contribution in [0.5, 0.6) is 0 Å². The zero-order valence-corrected chi connectivity index (χ0v) is 9.50. The van der Waals surface area contributed by atoms with Crippen molar-refractivity contribution in [2.75, 3.05) is 0 Å². The SMILES string of the molecule is Cc1ccc(CCC(=O)O)cc1-n1ccnn1. The molecular weight excluding hydrogens is 218 g/mol. The highest BCUT2D eigenvalue weighted by Gasteiger charge is 2.05. The number of aryl methyl sites for hydroxylation is 2. The predicted molar refractivity (Wildman–Crippen MR) is 62.1 cm³/mol. The van der Waals surface area contributed by atoms with Gasteiger partial charge in [-0.15, -0.1) is 5.10 Å². The second-order valence-corrected chi connectivity index (χ2v) is 3.86. The number of aliphatic carboxylic acids is 1. The smallest absolute Gasteiger partial charge is 0.303 e. The summed E-state index contributed by atoms with van der Waals surface area (Å²) in [6.07, 6.45) is 4.05. The van der Waals surface area contributed by atoms with E-state index in [0.717, 1.165) is 16.8 Å². The zero-order chi connectivity index (χ0) is 12.3. The Morgan fingerprint density at radius 2 is 2.29 bits per heavy atom. The fraction of sp³-hybridized carbons (Fsp3) is 0.250. The van der Waals surface area contributed by atoms with Gasteiger partial charge in [0.1, 0.15) is 0 Å². The van der Waals surface area contributed by atoms with Crippen molar-refractivity contribution in [1.29, 1.82) is 0 Å². The number of hydrogen-bond acceptors (Lipinski definition) is 3. The highest BCUT2D eigenvalue weighted by molar-refractivity contribution is 5.67. The van der Waals surface area contributed by atoms with E-state index in [1.807, 2.05) is 25.1 Å². The van der Waals surface area contributed by atoms with Crippen molar-refractivity contribution in [2.24, 2.45) is 0 Å². The second kappa shape index (κ2) is 4.78. The number of carbonyl (C=O) groups is 1. The Kier molecular flexibility index (Phi) is 3.18. The molecule has 1 heterocycles. The third-order valence-electron chi connectivity index (χ3n) is 2.57. The number of carboxylic acids is 1. The number of carboxylic acid groups (broad SMARTS) is 1. The minimum absolute atomic E-state index is 0.139. The quantitative estimate of drug-likeness (QED) is 0.867. The van der Waals surface area contributed by atoms with Crippen molar-refractivity contribution in [3.8, 4) is 5.69 Å². The average molecular weight is 231 g/mol. The van der Waals surface area contributed by atoms with E-state index in [9.17, 15) is 4.79 Å². The molecule has 5 nitrogen and oxygen atoms in total. The van der Waals surface area contributed by atoms with E-state index in [0.29, 0.717) is 6.42 Å². The van der Waals surface area contributed by atoms with E-state index in [1.54, 1.807) is 17.1 Å². The molecule has 0 aliphatic rings. The lowest BCUT2D eigenvalue weighted by Crippen LogP contribution is -2.01. The molecule has 5 heteroatoms. The first-order valence-corrected chi connectivity index (χ1v) is 5.35. The molecular formula is C12H13N3O2. The summed E-state index contributed by atoms with van der Waals surface area (Å²) < 4.78 is 1.68. The van der Waals surface area contributed by atoms with E-state index in [1.165, 1.54) is 0 Å². The average Bonchev–Trinajstić information content (AvgIpc) is 2.81. The lowest BCUT2D eigenvalue weighted by atomic mass is 10.1. The molecule has 1 aromatic carbocycles. The van der Waals surface area contributed by atoms with Gasteiger partial charge in [-0.05, 0) is 30.5 Å². The van der Waals surface area contributed by atoms with Crippen molar-refractivity contribution in [1.82, 2.24) is 15.0 Å². The van der Waals surface area contributed by atoms with Crippen LogP contribution in [0.15, 0.2) is 30.6 Å². The van der Waals surface area contributed by atoms with E-state index in [2.05, 4.69) is 10.3 Å². The first-order chi connectivity index (χ1) is 8.16. The number of benzene rings is 1. The molecule has 0 spiro atoms. The summed E-state index contributed by atoms with van der Waals surface area (Å²) in [4.78, 5) is 10.5. The minimum atomic E-state index is -0.784. The molecule has 1 N–H and O–H groups in total.